The zero-order valence-corrected chi connectivity index (χ0v) is 5.73. The summed E-state index contributed by atoms with van der Waals surface area (Å²) in [7, 11) is 0. The summed E-state index contributed by atoms with van der Waals surface area (Å²) >= 11 is 4.35. The van der Waals surface area contributed by atoms with Gasteiger partial charge in [0.15, 0.2) is 0 Å². The van der Waals surface area contributed by atoms with Gasteiger partial charge < -0.3 is 10.5 Å². The van der Waals surface area contributed by atoms with Crippen molar-refractivity contribution in [2.24, 2.45) is 5.73 Å². The van der Waals surface area contributed by atoms with Crippen LogP contribution in [0.15, 0.2) is 0 Å². The minimum Gasteiger partial charge on any atom is -0.472 e. The zero-order valence-electron chi connectivity index (χ0n) is 4.92. The Morgan fingerprint density at radius 1 is 1.78 bits per heavy atom. The lowest BCUT2D eigenvalue weighted by molar-refractivity contribution is -0.191. The molecule has 0 heterocycles. The standard InChI is InChI=1S/C3H7NOS.CO2/c1-2-5-3(4)6;2-1-3/h2H2,1H3,(H2,4,6);. The van der Waals surface area contributed by atoms with Crippen LogP contribution in [0.5, 0.6) is 0 Å². The molecule has 0 aliphatic carbocycles. The fraction of sp³-hybridized carbons (Fsp3) is 0.500. The van der Waals surface area contributed by atoms with Gasteiger partial charge in [0.1, 0.15) is 0 Å². The normalized spacial score (nSPS) is 5.89. The lowest BCUT2D eigenvalue weighted by Gasteiger charge is -1.93. The van der Waals surface area contributed by atoms with Crippen LogP contribution in [-0.2, 0) is 14.3 Å². The van der Waals surface area contributed by atoms with E-state index in [-0.39, 0.29) is 11.3 Å². The predicted octanol–water partition coefficient (Wildman–Crippen LogP) is -0.317. The van der Waals surface area contributed by atoms with Crippen LogP contribution in [0.1, 0.15) is 6.92 Å². The Hall–Kier alpha value is -0.930. The molecule has 0 spiro atoms. The van der Waals surface area contributed by atoms with E-state index in [1.165, 1.54) is 0 Å². The lowest BCUT2D eigenvalue weighted by Crippen LogP contribution is -2.11. The molecule has 0 atom stereocenters. The molecule has 52 valence electrons. The summed E-state index contributed by atoms with van der Waals surface area (Å²) in [6.45, 7) is 2.40. The van der Waals surface area contributed by atoms with Crippen molar-refractivity contribution in [3.05, 3.63) is 0 Å². The summed E-state index contributed by atoms with van der Waals surface area (Å²) in [4.78, 5) is 16.2. The highest BCUT2D eigenvalue weighted by Crippen LogP contribution is 1.67. The average molecular weight is 149 g/mol. The van der Waals surface area contributed by atoms with Gasteiger partial charge in [0.2, 0.25) is 0 Å². The Morgan fingerprint density at radius 3 is 2.11 bits per heavy atom. The quantitative estimate of drug-likeness (QED) is 0.517. The molecule has 0 aliphatic heterocycles. The molecule has 0 bridgehead atoms. The Bertz CT molecular complexity index is 108. The van der Waals surface area contributed by atoms with Crippen LogP contribution in [0.4, 0.5) is 0 Å². The summed E-state index contributed by atoms with van der Waals surface area (Å²) in [5.41, 5.74) is 4.91. The summed E-state index contributed by atoms with van der Waals surface area (Å²) in [5.74, 6) is 0. The molecule has 0 aromatic rings. The number of ether oxygens (including phenoxy) is 1. The van der Waals surface area contributed by atoms with E-state index in [1.807, 2.05) is 6.92 Å². The summed E-state index contributed by atoms with van der Waals surface area (Å²) < 4.78 is 4.55. The first kappa shape index (κ1) is 10.9. The van der Waals surface area contributed by atoms with E-state index in [2.05, 4.69) is 17.0 Å². The van der Waals surface area contributed by atoms with E-state index in [0.717, 1.165) is 0 Å². The Morgan fingerprint density at radius 2 is 2.11 bits per heavy atom. The fourth-order valence-corrected chi connectivity index (χ4v) is 0.260. The first-order valence-corrected chi connectivity index (χ1v) is 2.51. The molecule has 0 rings (SSSR count). The maximum atomic E-state index is 8.12. The second-order valence-electron chi connectivity index (χ2n) is 0.835. The third-order valence-corrected chi connectivity index (χ3v) is 0.404. The van der Waals surface area contributed by atoms with Gasteiger partial charge in [-0.25, -0.2) is 0 Å². The van der Waals surface area contributed by atoms with Crippen LogP contribution in [0.3, 0.4) is 0 Å². The van der Waals surface area contributed by atoms with Gasteiger partial charge in [0, 0.05) is 0 Å². The second-order valence-corrected chi connectivity index (χ2v) is 1.24. The average Bonchev–Trinajstić information content (AvgIpc) is 1.67. The van der Waals surface area contributed by atoms with Gasteiger partial charge in [-0.05, 0) is 19.1 Å². The molecule has 0 amide bonds. The number of carbonyl (C=O) groups excluding carboxylic acids is 2. The van der Waals surface area contributed by atoms with Gasteiger partial charge in [-0.3, -0.25) is 0 Å². The van der Waals surface area contributed by atoms with Crippen molar-refractivity contribution in [2.45, 2.75) is 6.92 Å². The van der Waals surface area contributed by atoms with Crippen molar-refractivity contribution in [1.29, 1.82) is 0 Å². The number of rotatable bonds is 1. The van der Waals surface area contributed by atoms with Crippen molar-refractivity contribution in [3.8, 4) is 0 Å². The van der Waals surface area contributed by atoms with Crippen molar-refractivity contribution < 1.29 is 14.3 Å². The Kier molecular flexibility index (Phi) is 12.3. The first-order chi connectivity index (χ1) is 4.18. The number of hydrogen-bond donors (Lipinski definition) is 1. The maximum absolute atomic E-state index is 8.12. The highest BCUT2D eigenvalue weighted by molar-refractivity contribution is 7.80. The van der Waals surface area contributed by atoms with Crippen LogP contribution in [0.2, 0.25) is 0 Å². The molecule has 0 unspecified atom stereocenters. The van der Waals surface area contributed by atoms with Gasteiger partial charge in [-0.2, -0.15) is 9.59 Å². The fourth-order valence-electron chi connectivity index (χ4n) is 0.142. The van der Waals surface area contributed by atoms with Gasteiger partial charge in [0.05, 0.1) is 6.61 Å². The van der Waals surface area contributed by atoms with E-state index in [4.69, 9.17) is 15.3 Å². The van der Waals surface area contributed by atoms with Crippen LogP contribution >= 0.6 is 12.2 Å². The van der Waals surface area contributed by atoms with Crippen LogP contribution < -0.4 is 5.73 Å². The molecule has 9 heavy (non-hydrogen) atoms. The molecule has 0 aromatic heterocycles. The summed E-state index contributed by atoms with van der Waals surface area (Å²) in [6, 6.07) is 0. The molecule has 0 fully saturated rings. The third kappa shape index (κ3) is 42.4. The van der Waals surface area contributed by atoms with Crippen molar-refractivity contribution in [3.63, 3.8) is 0 Å². The van der Waals surface area contributed by atoms with Gasteiger partial charge >= 0.3 is 6.15 Å². The smallest absolute Gasteiger partial charge is 0.373 e. The highest BCUT2D eigenvalue weighted by Gasteiger charge is 1.76. The Balaban J connectivity index is 0. The Labute approximate surface area is 58.0 Å². The molecular weight excluding hydrogens is 142 g/mol. The SMILES string of the molecule is CCOC(N)=S.O=C=O. The summed E-state index contributed by atoms with van der Waals surface area (Å²) in [6.07, 6.45) is 0.250. The minimum absolute atomic E-state index is 0.123. The topological polar surface area (TPSA) is 69.4 Å². The number of thiocarbonyl (C=S) groups is 1. The van der Waals surface area contributed by atoms with E-state index in [9.17, 15) is 0 Å². The van der Waals surface area contributed by atoms with Crippen LogP contribution in [0, 0.1) is 0 Å². The zero-order chi connectivity index (χ0) is 7.70. The second kappa shape index (κ2) is 10.1. The largest absolute Gasteiger partial charge is 0.472 e. The first-order valence-electron chi connectivity index (χ1n) is 2.10. The van der Waals surface area contributed by atoms with Gasteiger partial charge in [0.25, 0.3) is 5.17 Å². The number of hydrogen-bond acceptors (Lipinski definition) is 4. The van der Waals surface area contributed by atoms with E-state index in [1.54, 1.807) is 0 Å². The molecule has 0 aromatic carbocycles. The lowest BCUT2D eigenvalue weighted by atomic mass is 10.9. The van der Waals surface area contributed by atoms with E-state index in [0.29, 0.717) is 6.61 Å². The molecule has 2 N–H and O–H groups in total. The predicted molar refractivity (Wildman–Crippen MR) is 33.4 cm³/mol. The molecule has 0 aliphatic rings. The van der Waals surface area contributed by atoms with Crippen molar-refractivity contribution in [2.75, 3.05) is 6.61 Å². The maximum Gasteiger partial charge on any atom is 0.373 e. The third-order valence-electron chi connectivity index (χ3n) is 0.287. The summed E-state index contributed by atoms with van der Waals surface area (Å²) in [5, 5.41) is 0.123. The van der Waals surface area contributed by atoms with E-state index < -0.39 is 0 Å². The molecular formula is C4H7NO3S. The van der Waals surface area contributed by atoms with Crippen molar-refractivity contribution >= 4 is 23.5 Å². The molecule has 0 radical (unpaired) electrons. The number of nitrogens with two attached hydrogens (primary N) is 1. The van der Waals surface area contributed by atoms with Crippen molar-refractivity contribution in [1.82, 2.24) is 0 Å². The molecule has 0 saturated carbocycles. The van der Waals surface area contributed by atoms with Crippen LogP contribution in [-0.4, -0.2) is 17.9 Å². The van der Waals surface area contributed by atoms with Gasteiger partial charge in [-0.1, -0.05) is 0 Å². The van der Waals surface area contributed by atoms with E-state index >= 15 is 0 Å². The molecule has 4 nitrogen and oxygen atoms in total. The molecule has 0 saturated heterocycles. The minimum atomic E-state index is 0.123. The van der Waals surface area contributed by atoms with Gasteiger partial charge in [-0.15, -0.1) is 0 Å². The molecule has 5 heteroatoms. The highest BCUT2D eigenvalue weighted by atomic mass is 32.1. The van der Waals surface area contributed by atoms with Crippen LogP contribution in [0.25, 0.3) is 0 Å². The monoisotopic (exact) mass is 149 g/mol.